The van der Waals surface area contributed by atoms with Crippen LogP contribution < -0.4 is 10.5 Å². The molecule has 84 valence electrons. The van der Waals surface area contributed by atoms with E-state index in [9.17, 15) is 0 Å². The van der Waals surface area contributed by atoms with Gasteiger partial charge in [0.15, 0.2) is 0 Å². The molecule has 0 radical (unpaired) electrons. The van der Waals surface area contributed by atoms with Crippen molar-refractivity contribution in [3.8, 4) is 5.75 Å². The molecule has 2 atom stereocenters. The largest absolute Gasteiger partial charge is 0.490 e. The van der Waals surface area contributed by atoms with Gasteiger partial charge in [-0.3, -0.25) is 0 Å². The molecule has 0 saturated carbocycles. The summed E-state index contributed by atoms with van der Waals surface area (Å²) in [6.45, 7) is 8.20. The predicted octanol–water partition coefficient (Wildman–Crippen LogP) is 2.81. The summed E-state index contributed by atoms with van der Waals surface area (Å²) in [5, 5.41) is 0. The molecule has 1 aromatic carbocycles. The number of hydrogen-bond donors (Lipinski definition) is 1. The highest BCUT2D eigenvalue weighted by atomic mass is 16.5. The molecule has 2 nitrogen and oxygen atoms in total. The normalized spacial score (nSPS) is 14.7. The third-order valence-electron chi connectivity index (χ3n) is 2.38. The van der Waals surface area contributed by atoms with Crippen molar-refractivity contribution in [2.24, 2.45) is 5.73 Å². The number of nitrogens with two attached hydrogens (primary N) is 1. The lowest BCUT2D eigenvalue weighted by atomic mass is 10.1. The van der Waals surface area contributed by atoms with E-state index in [0.717, 1.165) is 12.2 Å². The number of benzene rings is 1. The molecule has 0 spiro atoms. The molecule has 0 fully saturated rings. The number of hydrogen-bond acceptors (Lipinski definition) is 2. The molecular weight excluding hydrogens is 186 g/mol. The Balaban J connectivity index is 2.67. The van der Waals surface area contributed by atoms with Crippen molar-refractivity contribution in [1.29, 1.82) is 0 Å². The molecule has 2 unspecified atom stereocenters. The molecule has 15 heavy (non-hydrogen) atoms. The topological polar surface area (TPSA) is 35.2 Å². The molecule has 0 aliphatic carbocycles. The SMILES string of the molecule is Cc1ccc(C)c(OC(C)CC(C)N)c1. The molecule has 0 bridgehead atoms. The molecule has 1 aromatic rings. The molecule has 0 aromatic heterocycles. The van der Waals surface area contributed by atoms with Gasteiger partial charge in [-0.1, -0.05) is 12.1 Å². The second-order valence-corrected chi connectivity index (χ2v) is 4.41. The standard InChI is InChI=1S/C13H21NO/c1-9-5-6-10(2)13(7-9)15-12(4)8-11(3)14/h5-7,11-12H,8,14H2,1-4H3. The maximum atomic E-state index is 5.86. The van der Waals surface area contributed by atoms with Gasteiger partial charge in [0.1, 0.15) is 5.75 Å². The van der Waals surface area contributed by atoms with Crippen molar-refractivity contribution in [2.75, 3.05) is 0 Å². The van der Waals surface area contributed by atoms with Crippen molar-refractivity contribution in [3.05, 3.63) is 29.3 Å². The van der Waals surface area contributed by atoms with Gasteiger partial charge < -0.3 is 10.5 Å². The quantitative estimate of drug-likeness (QED) is 0.824. The molecule has 0 aliphatic heterocycles. The number of ether oxygens (including phenoxy) is 1. The van der Waals surface area contributed by atoms with E-state index in [4.69, 9.17) is 10.5 Å². The molecule has 2 heteroatoms. The van der Waals surface area contributed by atoms with Crippen molar-refractivity contribution in [1.82, 2.24) is 0 Å². The predicted molar refractivity (Wildman–Crippen MR) is 64.3 cm³/mol. The van der Waals surface area contributed by atoms with E-state index in [0.29, 0.717) is 0 Å². The zero-order valence-corrected chi connectivity index (χ0v) is 10.1. The Morgan fingerprint density at radius 3 is 2.53 bits per heavy atom. The van der Waals surface area contributed by atoms with Crippen molar-refractivity contribution in [3.63, 3.8) is 0 Å². The van der Waals surface area contributed by atoms with Gasteiger partial charge in [-0.05, 0) is 51.3 Å². The fourth-order valence-corrected chi connectivity index (χ4v) is 1.62. The average molecular weight is 207 g/mol. The van der Waals surface area contributed by atoms with Gasteiger partial charge in [0.2, 0.25) is 0 Å². The molecule has 0 aliphatic rings. The first kappa shape index (κ1) is 12.1. The van der Waals surface area contributed by atoms with Crippen LogP contribution >= 0.6 is 0 Å². The van der Waals surface area contributed by atoms with Gasteiger partial charge in [-0.15, -0.1) is 0 Å². The molecular formula is C13H21NO. The van der Waals surface area contributed by atoms with Crippen molar-refractivity contribution < 1.29 is 4.74 Å². The van der Waals surface area contributed by atoms with Gasteiger partial charge in [0.25, 0.3) is 0 Å². The molecule has 1 rings (SSSR count). The Morgan fingerprint density at radius 2 is 1.93 bits per heavy atom. The number of aryl methyl sites for hydroxylation is 2. The smallest absolute Gasteiger partial charge is 0.122 e. The molecule has 2 N–H and O–H groups in total. The van der Waals surface area contributed by atoms with E-state index in [1.165, 1.54) is 11.1 Å². The molecule has 0 amide bonds. The van der Waals surface area contributed by atoms with E-state index < -0.39 is 0 Å². The molecule has 0 saturated heterocycles. The molecule has 0 heterocycles. The zero-order valence-electron chi connectivity index (χ0n) is 10.1. The first-order chi connectivity index (χ1) is 6.99. The van der Waals surface area contributed by atoms with Crippen LogP contribution in [0.4, 0.5) is 0 Å². The summed E-state index contributed by atoms with van der Waals surface area (Å²) < 4.78 is 5.86. The van der Waals surface area contributed by atoms with Crippen LogP contribution in [0.1, 0.15) is 31.4 Å². The van der Waals surface area contributed by atoms with Crippen LogP contribution in [0, 0.1) is 13.8 Å². The highest BCUT2D eigenvalue weighted by Crippen LogP contribution is 2.21. The monoisotopic (exact) mass is 207 g/mol. The Bertz CT molecular complexity index is 320. The Kier molecular flexibility index (Phi) is 4.15. The van der Waals surface area contributed by atoms with Gasteiger partial charge in [0, 0.05) is 6.04 Å². The van der Waals surface area contributed by atoms with Gasteiger partial charge >= 0.3 is 0 Å². The first-order valence-electron chi connectivity index (χ1n) is 5.48. The summed E-state index contributed by atoms with van der Waals surface area (Å²) in [5.41, 5.74) is 8.14. The second-order valence-electron chi connectivity index (χ2n) is 4.41. The van der Waals surface area contributed by atoms with Crippen LogP contribution in [0.2, 0.25) is 0 Å². The lowest BCUT2D eigenvalue weighted by Gasteiger charge is -2.18. The van der Waals surface area contributed by atoms with Crippen LogP contribution in [0.15, 0.2) is 18.2 Å². The van der Waals surface area contributed by atoms with E-state index in [2.05, 4.69) is 39.0 Å². The summed E-state index contributed by atoms with van der Waals surface area (Å²) in [6, 6.07) is 6.44. The van der Waals surface area contributed by atoms with Crippen molar-refractivity contribution in [2.45, 2.75) is 46.3 Å². The minimum absolute atomic E-state index is 0.172. The fourth-order valence-electron chi connectivity index (χ4n) is 1.62. The highest BCUT2D eigenvalue weighted by molar-refractivity contribution is 5.36. The average Bonchev–Trinajstić information content (AvgIpc) is 2.10. The maximum absolute atomic E-state index is 5.86. The lowest BCUT2D eigenvalue weighted by Crippen LogP contribution is -2.24. The summed E-state index contributed by atoms with van der Waals surface area (Å²) in [5.74, 6) is 0.975. The Labute approximate surface area is 92.4 Å². The van der Waals surface area contributed by atoms with E-state index in [1.807, 2.05) is 6.92 Å². The van der Waals surface area contributed by atoms with Crippen LogP contribution in [0.5, 0.6) is 5.75 Å². The van der Waals surface area contributed by atoms with Crippen molar-refractivity contribution >= 4 is 0 Å². The summed E-state index contributed by atoms with van der Waals surface area (Å²) >= 11 is 0. The number of rotatable bonds is 4. The van der Waals surface area contributed by atoms with Gasteiger partial charge in [-0.2, -0.15) is 0 Å². The van der Waals surface area contributed by atoms with E-state index in [-0.39, 0.29) is 12.1 Å². The van der Waals surface area contributed by atoms with E-state index >= 15 is 0 Å². The Hall–Kier alpha value is -1.02. The van der Waals surface area contributed by atoms with E-state index in [1.54, 1.807) is 0 Å². The Morgan fingerprint density at radius 1 is 1.27 bits per heavy atom. The second kappa shape index (κ2) is 5.17. The van der Waals surface area contributed by atoms with Crippen LogP contribution in [-0.4, -0.2) is 12.1 Å². The van der Waals surface area contributed by atoms with Crippen LogP contribution in [-0.2, 0) is 0 Å². The van der Waals surface area contributed by atoms with Gasteiger partial charge in [-0.25, -0.2) is 0 Å². The van der Waals surface area contributed by atoms with Gasteiger partial charge in [0.05, 0.1) is 6.10 Å². The fraction of sp³-hybridized carbons (Fsp3) is 0.538. The minimum Gasteiger partial charge on any atom is -0.490 e. The minimum atomic E-state index is 0.172. The summed E-state index contributed by atoms with van der Waals surface area (Å²) in [6.07, 6.45) is 1.05. The lowest BCUT2D eigenvalue weighted by molar-refractivity contribution is 0.201. The first-order valence-corrected chi connectivity index (χ1v) is 5.48. The highest BCUT2D eigenvalue weighted by Gasteiger charge is 2.08. The third-order valence-corrected chi connectivity index (χ3v) is 2.38. The summed E-state index contributed by atoms with van der Waals surface area (Å²) in [7, 11) is 0. The van der Waals surface area contributed by atoms with Crippen LogP contribution in [0.25, 0.3) is 0 Å². The third kappa shape index (κ3) is 3.92. The van der Waals surface area contributed by atoms with Crippen LogP contribution in [0.3, 0.4) is 0 Å². The maximum Gasteiger partial charge on any atom is 0.122 e. The summed E-state index contributed by atoms with van der Waals surface area (Å²) in [4.78, 5) is 0. The zero-order chi connectivity index (χ0) is 11.4.